The van der Waals surface area contributed by atoms with Crippen molar-refractivity contribution in [1.82, 2.24) is 29.5 Å². The van der Waals surface area contributed by atoms with Gasteiger partial charge in [0.05, 0.1) is 16.4 Å². The van der Waals surface area contributed by atoms with Gasteiger partial charge in [0.2, 0.25) is 0 Å². The van der Waals surface area contributed by atoms with Crippen molar-refractivity contribution >= 4 is 34.8 Å². The SMILES string of the molecule is Cc1nn(-c2cc(Nc3c(Cl)c(-c4ccccc4)nn3C)ncn2)c(C)c1Cl. The summed E-state index contributed by atoms with van der Waals surface area (Å²) in [6.45, 7) is 3.74. The first-order chi connectivity index (χ1) is 13.5. The van der Waals surface area contributed by atoms with Gasteiger partial charge in [0.25, 0.3) is 0 Å². The van der Waals surface area contributed by atoms with Gasteiger partial charge in [-0.3, -0.25) is 4.68 Å². The minimum Gasteiger partial charge on any atom is -0.324 e. The molecule has 3 heterocycles. The summed E-state index contributed by atoms with van der Waals surface area (Å²) in [6.07, 6.45) is 1.46. The molecule has 142 valence electrons. The van der Waals surface area contributed by atoms with Crippen LogP contribution in [0.5, 0.6) is 0 Å². The summed E-state index contributed by atoms with van der Waals surface area (Å²) in [5.74, 6) is 1.81. The molecule has 0 aliphatic carbocycles. The monoisotopic (exact) mass is 413 g/mol. The molecule has 0 bridgehead atoms. The minimum absolute atomic E-state index is 0.517. The number of halogens is 2. The highest BCUT2D eigenvalue weighted by Crippen LogP contribution is 2.34. The third-order valence-corrected chi connectivity index (χ3v) is 5.26. The lowest BCUT2D eigenvalue weighted by atomic mass is 10.1. The molecule has 1 N–H and O–H groups in total. The lowest BCUT2D eigenvalue weighted by Gasteiger charge is -2.08. The summed E-state index contributed by atoms with van der Waals surface area (Å²) in [5, 5.41) is 13.3. The second-order valence-electron chi connectivity index (χ2n) is 6.28. The van der Waals surface area contributed by atoms with Crippen LogP contribution in [0.2, 0.25) is 10.0 Å². The zero-order valence-electron chi connectivity index (χ0n) is 15.5. The third kappa shape index (κ3) is 3.23. The van der Waals surface area contributed by atoms with Gasteiger partial charge < -0.3 is 5.32 Å². The molecule has 0 radical (unpaired) electrons. The summed E-state index contributed by atoms with van der Waals surface area (Å²) in [7, 11) is 1.82. The van der Waals surface area contributed by atoms with E-state index in [0.29, 0.717) is 33.2 Å². The van der Waals surface area contributed by atoms with Crippen LogP contribution in [0.4, 0.5) is 11.6 Å². The highest BCUT2D eigenvalue weighted by molar-refractivity contribution is 6.35. The highest BCUT2D eigenvalue weighted by atomic mass is 35.5. The minimum atomic E-state index is 0.517. The molecule has 0 unspecified atom stereocenters. The quantitative estimate of drug-likeness (QED) is 0.523. The van der Waals surface area contributed by atoms with Gasteiger partial charge in [0.15, 0.2) is 5.82 Å². The summed E-state index contributed by atoms with van der Waals surface area (Å²) in [6, 6.07) is 11.6. The smallest absolute Gasteiger partial charge is 0.159 e. The van der Waals surface area contributed by atoms with E-state index in [9.17, 15) is 0 Å². The maximum absolute atomic E-state index is 6.60. The molecule has 0 spiro atoms. The number of aryl methyl sites for hydroxylation is 2. The van der Waals surface area contributed by atoms with Crippen molar-refractivity contribution in [2.75, 3.05) is 5.32 Å². The number of anilines is 2. The molecule has 7 nitrogen and oxygen atoms in total. The van der Waals surface area contributed by atoms with Crippen LogP contribution in [0.15, 0.2) is 42.7 Å². The normalized spacial score (nSPS) is 11.0. The van der Waals surface area contributed by atoms with E-state index in [-0.39, 0.29) is 0 Å². The molecule has 4 rings (SSSR count). The zero-order valence-corrected chi connectivity index (χ0v) is 17.0. The van der Waals surface area contributed by atoms with Crippen LogP contribution < -0.4 is 5.32 Å². The molecule has 1 aromatic carbocycles. The van der Waals surface area contributed by atoms with Crippen LogP contribution in [0.3, 0.4) is 0 Å². The Balaban J connectivity index is 1.69. The van der Waals surface area contributed by atoms with Crippen LogP contribution in [0, 0.1) is 13.8 Å². The Labute approximate surface area is 172 Å². The lowest BCUT2D eigenvalue weighted by Crippen LogP contribution is -2.06. The first-order valence-corrected chi connectivity index (χ1v) is 9.30. The van der Waals surface area contributed by atoms with Crippen LogP contribution in [-0.2, 0) is 7.05 Å². The van der Waals surface area contributed by atoms with Gasteiger partial charge in [-0.05, 0) is 13.8 Å². The molecule has 0 aliphatic heterocycles. The summed E-state index contributed by atoms with van der Waals surface area (Å²) in [5.41, 5.74) is 3.20. The zero-order chi connectivity index (χ0) is 19.8. The molecule has 0 saturated carbocycles. The molecular weight excluding hydrogens is 397 g/mol. The van der Waals surface area contributed by atoms with Gasteiger partial charge in [-0.1, -0.05) is 53.5 Å². The molecule has 0 amide bonds. The number of nitrogens with one attached hydrogen (secondary N) is 1. The number of aromatic nitrogens is 6. The van der Waals surface area contributed by atoms with Gasteiger partial charge in [-0.2, -0.15) is 10.2 Å². The average molecular weight is 414 g/mol. The molecular formula is C19H17Cl2N7. The molecule has 0 atom stereocenters. The first-order valence-electron chi connectivity index (χ1n) is 8.54. The van der Waals surface area contributed by atoms with E-state index in [0.717, 1.165) is 17.0 Å². The average Bonchev–Trinajstić information content (AvgIpc) is 3.13. The number of rotatable bonds is 4. The Morgan fingerprint density at radius 1 is 0.964 bits per heavy atom. The number of hydrogen-bond donors (Lipinski definition) is 1. The van der Waals surface area contributed by atoms with E-state index in [4.69, 9.17) is 23.2 Å². The van der Waals surface area contributed by atoms with Gasteiger partial charge in [-0.25, -0.2) is 14.6 Å². The van der Waals surface area contributed by atoms with Crippen LogP contribution in [0.1, 0.15) is 11.4 Å². The molecule has 28 heavy (non-hydrogen) atoms. The lowest BCUT2D eigenvalue weighted by molar-refractivity contribution is 0.778. The fourth-order valence-corrected chi connectivity index (χ4v) is 3.35. The summed E-state index contributed by atoms with van der Waals surface area (Å²) >= 11 is 12.8. The maximum Gasteiger partial charge on any atom is 0.159 e. The standard InChI is InChI=1S/C19H17Cl2N7/c1-11-16(20)12(2)28(25-11)15-9-14(22-10-23-15)24-19-17(21)18(26-27(19)3)13-7-5-4-6-8-13/h4-10H,1-3H3,(H,22,23,24). The Bertz CT molecular complexity index is 1150. The van der Waals surface area contributed by atoms with E-state index in [1.54, 1.807) is 15.4 Å². The second-order valence-corrected chi connectivity index (χ2v) is 7.04. The molecule has 0 aliphatic rings. The summed E-state index contributed by atoms with van der Waals surface area (Å²) < 4.78 is 3.37. The third-order valence-electron chi connectivity index (χ3n) is 4.36. The maximum atomic E-state index is 6.60. The van der Waals surface area contributed by atoms with Crippen molar-refractivity contribution < 1.29 is 0 Å². The van der Waals surface area contributed by atoms with E-state index >= 15 is 0 Å². The Morgan fingerprint density at radius 2 is 1.71 bits per heavy atom. The van der Waals surface area contributed by atoms with E-state index in [1.807, 2.05) is 51.2 Å². The van der Waals surface area contributed by atoms with Crippen LogP contribution >= 0.6 is 23.2 Å². The van der Waals surface area contributed by atoms with Crippen molar-refractivity contribution in [3.05, 3.63) is 64.2 Å². The molecule has 0 fully saturated rings. The predicted octanol–water partition coefficient (Wildman–Crippen LogP) is 4.73. The highest BCUT2D eigenvalue weighted by Gasteiger charge is 2.17. The number of benzene rings is 1. The van der Waals surface area contributed by atoms with E-state index in [1.165, 1.54) is 6.33 Å². The summed E-state index contributed by atoms with van der Waals surface area (Å²) in [4.78, 5) is 8.59. The number of nitrogens with zero attached hydrogens (tertiary/aromatic N) is 6. The second kappa shape index (κ2) is 7.26. The fourth-order valence-electron chi connectivity index (χ4n) is 2.91. The number of hydrogen-bond acceptors (Lipinski definition) is 5. The van der Waals surface area contributed by atoms with Gasteiger partial charge >= 0.3 is 0 Å². The Morgan fingerprint density at radius 3 is 2.39 bits per heavy atom. The van der Waals surface area contributed by atoms with Crippen molar-refractivity contribution in [2.24, 2.45) is 7.05 Å². The molecule has 0 saturated heterocycles. The molecule has 4 aromatic rings. The van der Waals surface area contributed by atoms with Crippen molar-refractivity contribution in [1.29, 1.82) is 0 Å². The first kappa shape index (κ1) is 18.5. The van der Waals surface area contributed by atoms with E-state index in [2.05, 4.69) is 25.5 Å². The van der Waals surface area contributed by atoms with Crippen molar-refractivity contribution in [3.63, 3.8) is 0 Å². The predicted molar refractivity (Wildman–Crippen MR) is 111 cm³/mol. The van der Waals surface area contributed by atoms with Gasteiger partial charge in [0.1, 0.15) is 28.7 Å². The van der Waals surface area contributed by atoms with Crippen LogP contribution in [-0.4, -0.2) is 29.5 Å². The van der Waals surface area contributed by atoms with E-state index < -0.39 is 0 Å². The molecule has 3 aromatic heterocycles. The van der Waals surface area contributed by atoms with Crippen molar-refractivity contribution in [3.8, 4) is 17.1 Å². The van der Waals surface area contributed by atoms with Gasteiger partial charge in [-0.15, -0.1) is 0 Å². The van der Waals surface area contributed by atoms with Gasteiger partial charge in [0, 0.05) is 18.7 Å². The largest absolute Gasteiger partial charge is 0.324 e. The molecule has 9 heteroatoms. The van der Waals surface area contributed by atoms with Crippen molar-refractivity contribution in [2.45, 2.75) is 13.8 Å². The Hall–Kier alpha value is -2.90. The fraction of sp³-hybridized carbons (Fsp3) is 0.158. The Kier molecular flexibility index (Phi) is 4.78. The van der Waals surface area contributed by atoms with Crippen LogP contribution in [0.25, 0.3) is 17.1 Å². The topological polar surface area (TPSA) is 73.5 Å².